The van der Waals surface area contributed by atoms with Gasteiger partial charge in [0.25, 0.3) is 0 Å². The maximum atomic E-state index is 11.6. The predicted octanol–water partition coefficient (Wildman–Crippen LogP) is 0.750. The summed E-state index contributed by atoms with van der Waals surface area (Å²) in [5.74, 6) is -1.14. The minimum atomic E-state index is -0.509. The van der Waals surface area contributed by atoms with Crippen molar-refractivity contribution in [3.05, 3.63) is 11.6 Å². The zero-order valence-corrected chi connectivity index (χ0v) is 10.0. The molecule has 0 unspecified atom stereocenters. The summed E-state index contributed by atoms with van der Waals surface area (Å²) in [6, 6.07) is 0. The second-order valence-corrected chi connectivity index (χ2v) is 4.18. The van der Waals surface area contributed by atoms with Crippen molar-refractivity contribution >= 4 is 29.3 Å². The average molecular weight is 253 g/mol. The summed E-state index contributed by atoms with van der Waals surface area (Å²) >= 11 is 4.50. The Hall–Kier alpha value is -1.52. The van der Waals surface area contributed by atoms with E-state index in [1.807, 2.05) is 0 Å². The molecule has 2 bridgehead atoms. The lowest BCUT2D eigenvalue weighted by molar-refractivity contribution is -0.163. The number of rotatable bonds is 3. The molecule has 0 spiro atoms. The molecule has 0 saturated carbocycles. The quantitative estimate of drug-likeness (QED) is 0.422. The molecule has 1 aliphatic carbocycles. The molecule has 0 aromatic heterocycles. The van der Waals surface area contributed by atoms with Crippen LogP contribution in [0.25, 0.3) is 0 Å². The zero-order chi connectivity index (χ0) is 12.4. The first-order valence-electron chi connectivity index (χ1n) is 5.21. The largest absolute Gasteiger partial charge is 0.466 e. The Morgan fingerprint density at radius 2 is 2.53 bits per heavy atom. The van der Waals surface area contributed by atoms with E-state index in [-0.39, 0.29) is 11.9 Å². The summed E-state index contributed by atoms with van der Waals surface area (Å²) in [5.41, 5.74) is 0.430. The van der Waals surface area contributed by atoms with E-state index in [1.54, 1.807) is 6.08 Å². The first-order chi connectivity index (χ1) is 8.17. The van der Waals surface area contributed by atoms with Gasteiger partial charge >= 0.3 is 11.9 Å². The molecule has 2 heterocycles. The molecule has 3 rings (SSSR count). The SMILES string of the molecule is COC(=O)C1=C[C@@H]2C(=O)O[C@H]1C[C@@H]2CN=C=S. The first kappa shape index (κ1) is 12.0. The fourth-order valence-corrected chi connectivity index (χ4v) is 2.31. The lowest BCUT2D eigenvalue weighted by atomic mass is 9.76. The second kappa shape index (κ2) is 4.77. The molecule has 90 valence electrons. The van der Waals surface area contributed by atoms with Crippen molar-refractivity contribution < 1.29 is 19.1 Å². The third kappa shape index (κ3) is 2.14. The molecule has 0 N–H and O–H groups in total. The van der Waals surface area contributed by atoms with Crippen LogP contribution in [0.4, 0.5) is 0 Å². The number of hydrogen-bond acceptors (Lipinski definition) is 6. The van der Waals surface area contributed by atoms with E-state index < -0.39 is 18.0 Å². The first-order valence-corrected chi connectivity index (χ1v) is 5.62. The van der Waals surface area contributed by atoms with Crippen molar-refractivity contribution in [2.75, 3.05) is 13.7 Å². The summed E-state index contributed by atoms with van der Waals surface area (Å²) in [7, 11) is 1.31. The van der Waals surface area contributed by atoms with Gasteiger partial charge in [-0.25, -0.2) is 9.79 Å². The molecule has 0 aromatic carbocycles. The van der Waals surface area contributed by atoms with E-state index >= 15 is 0 Å². The highest BCUT2D eigenvalue weighted by molar-refractivity contribution is 7.78. The Labute approximate surface area is 103 Å². The van der Waals surface area contributed by atoms with Crippen molar-refractivity contribution in [2.45, 2.75) is 12.5 Å². The minimum absolute atomic E-state index is 0.0325. The molecule has 0 amide bonds. The number of hydrogen-bond donors (Lipinski definition) is 0. The van der Waals surface area contributed by atoms with Crippen LogP contribution < -0.4 is 0 Å². The molecule has 0 radical (unpaired) electrons. The monoisotopic (exact) mass is 253 g/mol. The van der Waals surface area contributed by atoms with Crippen LogP contribution in [-0.4, -0.2) is 36.9 Å². The third-order valence-electron chi connectivity index (χ3n) is 3.07. The lowest BCUT2D eigenvalue weighted by Gasteiger charge is -2.38. The van der Waals surface area contributed by atoms with Gasteiger partial charge in [-0.1, -0.05) is 6.08 Å². The number of methoxy groups -OCH3 is 1. The molecule has 2 aliphatic heterocycles. The summed E-state index contributed by atoms with van der Waals surface area (Å²) in [6.45, 7) is 0.435. The fraction of sp³-hybridized carbons (Fsp3) is 0.545. The number of ether oxygens (including phenoxy) is 2. The Kier molecular flexibility index (Phi) is 3.36. The van der Waals surface area contributed by atoms with Crippen molar-refractivity contribution in [3.63, 3.8) is 0 Å². The van der Waals surface area contributed by atoms with Crippen molar-refractivity contribution in [1.82, 2.24) is 0 Å². The van der Waals surface area contributed by atoms with Crippen LogP contribution in [0.3, 0.4) is 0 Å². The smallest absolute Gasteiger partial charge is 0.337 e. The van der Waals surface area contributed by atoms with Crippen molar-refractivity contribution in [3.8, 4) is 0 Å². The van der Waals surface area contributed by atoms with Gasteiger partial charge in [-0.3, -0.25) is 4.79 Å². The van der Waals surface area contributed by atoms with Gasteiger partial charge in [-0.2, -0.15) is 0 Å². The molecule has 0 aromatic rings. The van der Waals surface area contributed by atoms with Crippen LogP contribution in [-0.2, 0) is 19.1 Å². The highest BCUT2D eigenvalue weighted by atomic mass is 32.1. The summed E-state index contributed by atoms with van der Waals surface area (Å²) in [6.07, 6.45) is 1.71. The highest BCUT2D eigenvalue weighted by Crippen LogP contribution is 2.38. The summed E-state index contributed by atoms with van der Waals surface area (Å²) in [4.78, 5) is 26.9. The normalized spacial score (nSPS) is 30.1. The topological polar surface area (TPSA) is 65.0 Å². The van der Waals surface area contributed by atoms with Gasteiger partial charge in [-0.15, -0.1) is 0 Å². The summed E-state index contributed by atoms with van der Waals surface area (Å²) in [5, 5.41) is 2.28. The van der Waals surface area contributed by atoms with E-state index in [1.165, 1.54) is 7.11 Å². The van der Waals surface area contributed by atoms with Gasteiger partial charge in [0.1, 0.15) is 6.10 Å². The van der Waals surface area contributed by atoms with Gasteiger partial charge < -0.3 is 9.47 Å². The molecule has 5 nitrogen and oxygen atoms in total. The van der Waals surface area contributed by atoms with Crippen LogP contribution >= 0.6 is 12.2 Å². The molecule has 3 atom stereocenters. The number of aliphatic imine (C=N–C) groups is 1. The van der Waals surface area contributed by atoms with Crippen LogP contribution in [0.5, 0.6) is 0 Å². The van der Waals surface area contributed by atoms with Gasteiger partial charge in [0.2, 0.25) is 0 Å². The molecule has 1 saturated heterocycles. The minimum Gasteiger partial charge on any atom is -0.466 e. The molecule has 3 aliphatic rings. The van der Waals surface area contributed by atoms with Crippen LogP contribution in [0, 0.1) is 11.8 Å². The molecule has 6 heteroatoms. The van der Waals surface area contributed by atoms with E-state index in [9.17, 15) is 9.59 Å². The van der Waals surface area contributed by atoms with Crippen LogP contribution in [0.2, 0.25) is 0 Å². The molecular weight excluding hydrogens is 242 g/mol. The van der Waals surface area contributed by atoms with Crippen molar-refractivity contribution in [2.24, 2.45) is 16.8 Å². The maximum absolute atomic E-state index is 11.6. The highest BCUT2D eigenvalue weighted by Gasteiger charge is 2.45. The third-order valence-corrected chi connectivity index (χ3v) is 3.20. The van der Waals surface area contributed by atoms with Gasteiger partial charge in [0, 0.05) is 0 Å². The number of fused-ring (bicyclic) bond motifs is 2. The average Bonchev–Trinajstić information content (AvgIpc) is 2.35. The van der Waals surface area contributed by atoms with Gasteiger partial charge in [0.15, 0.2) is 0 Å². The van der Waals surface area contributed by atoms with Gasteiger partial charge in [-0.05, 0) is 24.6 Å². The maximum Gasteiger partial charge on any atom is 0.337 e. The number of esters is 2. The van der Waals surface area contributed by atoms with Crippen molar-refractivity contribution in [1.29, 1.82) is 0 Å². The number of nitrogens with zero attached hydrogens (tertiary/aromatic N) is 1. The number of carbonyl (C=O) groups is 2. The van der Waals surface area contributed by atoms with Crippen LogP contribution in [0.1, 0.15) is 6.42 Å². The molecular formula is C11H11NO4S. The van der Waals surface area contributed by atoms with E-state index in [4.69, 9.17) is 4.74 Å². The van der Waals surface area contributed by atoms with Crippen LogP contribution in [0.15, 0.2) is 16.6 Å². The predicted molar refractivity (Wildman–Crippen MR) is 61.5 cm³/mol. The number of carbonyl (C=O) groups excluding carboxylic acids is 2. The standard InChI is InChI=1S/C11H11NO4S/c1-15-10(13)8-3-7-6(4-12-5-17)2-9(8)16-11(7)14/h3,6-7,9H,2,4H2,1H3/t6-,7+,9+/m1/s1. The molecule has 1 fully saturated rings. The summed E-state index contributed by atoms with van der Waals surface area (Å²) < 4.78 is 9.78. The second-order valence-electron chi connectivity index (χ2n) is 3.99. The lowest BCUT2D eigenvalue weighted by Crippen LogP contribution is -2.45. The number of isothiocyanates is 1. The Morgan fingerprint density at radius 1 is 1.76 bits per heavy atom. The zero-order valence-electron chi connectivity index (χ0n) is 9.21. The van der Waals surface area contributed by atoms with E-state index in [2.05, 4.69) is 27.1 Å². The van der Waals surface area contributed by atoms with E-state index in [0.29, 0.717) is 18.5 Å². The van der Waals surface area contributed by atoms with E-state index in [0.717, 1.165) is 0 Å². The fourth-order valence-electron chi connectivity index (χ4n) is 2.24. The Morgan fingerprint density at radius 3 is 3.12 bits per heavy atom. The molecule has 17 heavy (non-hydrogen) atoms. The Bertz CT molecular complexity index is 439. The Balaban J connectivity index is 2.23. The van der Waals surface area contributed by atoms with Gasteiger partial charge in [0.05, 0.1) is 30.3 Å². The number of thiocarbonyl (C=S) groups is 1.